The summed E-state index contributed by atoms with van der Waals surface area (Å²) in [6.07, 6.45) is 8.66. The van der Waals surface area contributed by atoms with Crippen LogP contribution in [0.1, 0.15) is 24.6 Å². The Morgan fingerprint density at radius 2 is 2.22 bits per heavy atom. The number of anilines is 1. The van der Waals surface area contributed by atoms with Gasteiger partial charge in [0.2, 0.25) is 5.28 Å². The number of halogens is 1. The third-order valence-corrected chi connectivity index (χ3v) is 5.44. The number of carbonyl (C=O) groups is 1. The van der Waals surface area contributed by atoms with E-state index in [2.05, 4.69) is 15.9 Å². The molecule has 0 amide bonds. The molecule has 4 heterocycles. The highest BCUT2D eigenvalue weighted by atomic mass is 35.5. The van der Waals surface area contributed by atoms with Gasteiger partial charge in [-0.1, -0.05) is 5.92 Å². The standard InChI is InChI=1S/C21H20ClN5O5/c1-3-21(12-31-20(29)30-11-13-5-4-9-26(2)18(13)28)8-6-15(32-21)27-10-7-14-16(23)24-19(22)25-17(14)27/h1,4-5,7,9-10,15H,6,8,11-12H2,2H3,(H2,23,24,25)/t15-,21+/m1/s1. The van der Waals surface area contributed by atoms with E-state index in [-0.39, 0.29) is 29.9 Å². The van der Waals surface area contributed by atoms with Gasteiger partial charge in [0, 0.05) is 19.4 Å². The van der Waals surface area contributed by atoms with Crippen LogP contribution < -0.4 is 11.3 Å². The lowest BCUT2D eigenvalue weighted by Gasteiger charge is -2.23. The Morgan fingerprint density at radius 1 is 1.41 bits per heavy atom. The van der Waals surface area contributed by atoms with E-state index in [0.717, 1.165) is 0 Å². The van der Waals surface area contributed by atoms with Crippen molar-refractivity contribution in [3.63, 3.8) is 0 Å². The number of pyridine rings is 1. The van der Waals surface area contributed by atoms with Crippen LogP contribution in [-0.2, 0) is 27.9 Å². The summed E-state index contributed by atoms with van der Waals surface area (Å²) >= 11 is 5.94. The molecular formula is C21H20ClN5O5. The number of hydrogen-bond donors (Lipinski definition) is 1. The first kappa shape index (κ1) is 21.7. The second-order valence-electron chi connectivity index (χ2n) is 7.36. The van der Waals surface area contributed by atoms with Crippen LogP contribution >= 0.6 is 11.6 Å². The Labute approximate surface area is 187 Å². The fourth-order valence-electron chi connectivity index (χ4n) is 3.56. The molecule has 4 rings (SSSR count). The number of terminal acetylenes is 1. The minimum atomic E-state index is -1.13. The smallest absolute Gasteiger partial charge is 0.430 e. The number of aryl methyl sites for hydroxylation is 1. The lowest BCUT2D eigenvalue weighted by molar-refractivity contribution is -0.0737. The maximum Gasteiger partial charge on any atom is 0.508 e. The number of nitrogens with two attached hydrogens (primary N) is 1. The fraction of sp³-hybridized carbons (Fsp3) is 0.333. The van der Waals surface area contributed by atoms with Crippen LogP contribution in [-0.4, -0.2) is 37.5 Å². The van der Waals surface area contributed by atoms with Crippen molar-refractivity contribution in [2.24, 2.45) is 7.05 Å². The number of nitrogens with zero attached hydrogens (tertiary/aromatic N) is 4. The fourth-order valence-corrected chi connectivity index (χ4v) is 3.73. The predicted molar refractivity (Wildman–Crippen MR) is 116 cm³/mol. The van der Waals surface area contributed by atoms with E-state index in [1.807, 2.05) is 0 Å². The van der Waals surface area contributed by atoms with E-state index in [4.69, 9.17) is 38.0 Å². The van der Waals surface area contributed by atoms with Gasteiger partial charge in [-0.2, -0.15) is 4.98 Å². The van der Waals surface area contributed by atoms with Crippen LogP contribution in [0.4, 0.5) is 10.6 Å². The van der Waals surface area contributed by atoms with Gasteiger partial charge in [-0.25, -0.2) is 9.78 Å². The number of fused-ring (bicyclic) bond motifs is 1. The number of nitrogen functional groups attached to an aromatic ring is 1. The first-order chi connectivity index (χ1) is 15.3. The zero-order chi connectivity index (χ0) is 22.9. The van der Waals surface area contributed by atoms with Crippen molar-refractivity contribution in [1.82, 2.24) is 19.1 Å². The summed E-state index contributed by atoms with van der Waals surface area (Å²) in [6, 6.07) is 5.02. The summed E-state index contributed by atoms with van der Waals surface area (Å²) in [7, 11) is 1.61. The van der Waals surface area contributed by atoms with Gasteiger partial charge in [-0.3, -0.25) is 4.79 Å². The molecule has 0 spiro atoms. The first-order valence-electron chi connectivity index (χ1n) is 9.71. The van der Waals surface area contributed by atoms with Crippen LogP contribution in [0.3, 0.4) is 0 Å². The summed E-state index contributed by atoms with van der Waals surface area (Å²) in [4.78, 5) is 32.2. The van der Waals surface area contributed by atoms with Crippen LogP contribution in [0.2, 0.25) is 5.28 Å². The molecule has 1 aliphatic heterocycles. The maximum atomic E-state index is 12.1. The monoisotopic (exact) mass is 457 g/mol. The number of aromatic nitrogens is 4. The Balaban J connectivity index is 1.40. The van der Waals surface area contributed by atoms with Gasteiger partial charge in [0.05, 0.1) is 10.9 Å². The molecule has 0 radical (unpaired) electrons. The quantitative estimate of drug-likeness (QED) is 0.352. The molecule has 166 valence electrons. The van der Waals surface area contributed by atoms with Gasteiger partial charge < -0.3 is 29.1 Å². The third-order valence-electron chi connectivity index (χ3n) is 5.27. The first-order valence-corrected chi connectivity index (χ1v) is 10.1. The van der Waals surface area contributed by atoms with Gasteiger partial charge in [0.15, 0.2) is 5.60 Å². The molecule has 1 aliphatic rings. The number of rotatable bonds is 5. The number of ether oxygens (including phenoxy) is 3. The molecule has 1 fully saturated rings. The van der Waals surface area contributed by atoms with Crippen molar-refractivity contribution >= 4 is 34.6 Å². The van der Waals surface area contributed by atoms with Gasteiger partial charge in [0.1, 0.15) is 30.9 Å². The van der Waals surface area contributed by atoms with E-state index < -0.39 is 18.0 Å². The van der Waals surface area contributed by atoms with Gasteiger partial charge in [0.25, 0.3) is 5.56 Å². The van der Waals surface area contributed by atoms with Crippen molar-refractivity contribution in [3.05, 3.63) is 51.8 Å². The van der Waals surface area contributed by atoms with Crippen molar-refractivity contribution in [3.8, 4) is 12.3 Å². The summed E-state index contributed by atoms with van der Waals surface area (Å²) in [5.74, 6) is 2.84. The topological polar surface area (TPSA) is 123 Å². The van der Waals surface area contributed by atoms with E-state index in [1.54, 1.807) is 42.2 Å². The Kier molecular flexibility index (Phi) is 5.78. The molecule has 10 nitrogen and oxygen atoms in total. The van der Waals surface area contributed by atoms with Crippen molar-refractivity contribution in [2.45, 2.75) is 31.3 Å². The van der Waals surface area contributed by atoms with E-state index in [0.29, 0.717) is 29.4 Å². The lowest BCUT2D eigenvalue weighted by Crippen LogP contribution is -2.34. The summed E-state index contributed by atoms with van der Waals surface area (Å²) in [5, 5.41) is 0.665. The lowest BCUT2D eigenvalue weighted by atomic mass is 10.0. The minimum Gasteiger partial charge on any atom is -0.430 e. The Hall–Kier alpha value is -3.55. The molecule has 3 aromatic heterocycles. The molecule has 0 saturated carbocycles. The average molecular weight is 458 g/mol. The van der Waals surface area contributed by atoms with Crippen molar-refractivity contribution in [2.75, 3.05) is 12.3 Å². The van der Waals surface area contributed by atoms with Gasteiger partial charge in [-0.15, -0.1) is 6.42 Å². The second-order valence-corrected chi connectivity index (χ2v) is 7.70. The minimum absolute atomic E-state index is 0.0236. The summed E-state index contributed by atoms with van der Waals surface area (Å²) in [6.45, 7) is -0.418. The molecule has 32 heavy (non-hydrogen) atoms. The van der Waals surface area contributed by atoms with Crippen LogP contribution in [0.15, 0.2) is 35.4 Å². The molecule has 0 aliphatic carbocycles. The van der Waals surface area contributed by atoms with Gasteiger partial charge in [-0.05, 0) is 42.6 Å². The normalized spacial score (nSPS) is 20.2. The molecular weight excluding hydrogens is 438 g/mol. The molecule has 3 aromatic rings. The second kappa shape index (κ2) is 8.53. The zero-order valence-electron chi connectivity index (χ0n) is 17.2. The van der Waals surface area contributed by atoms with Crippen LogP contribution in [0.5, 0.6) is 0 Å². The van der Waals surface area contributed by atoms with E-state index >= 15 is 0 Å². The molecule has 0 unspecified atom stereocenters. The number of hydrogen-bond acceptors (Lipinski definition) is 8. The highest BCUT2D eigenvalue weighted by Crippen LogP contribution is 2.38. The predicted octanol–water partition coefficient (Wildman–Crippen LogP) is 2.40. The zero-order valence-corrected chi connectivity index (χ0v) is 17.9. The molecule has 1 saturated heterocycles. The highest BCUT2D eigenvalue weighted by molar-refractivity contribution is 6.28. The van der Waals surface area contributed by atoms with E-state index in [1.165, 1.54) is 4.57 Å². The summed E-state index contributed by atoms with van der Waals surface area (Å²) in [5.41, 5.74) is 5.36. The highest BCUT2D eigenvalue weighted by Gasteiger charge is 2.41. The molecule has 2 atom stereocenters. The molecule has 0 bridgehead atoms. The van der Waals surface area contributed by atoms with Crippen molar-refractivity contribution < 1.29 is 19.0 Å². The van der Waals surface area contributed by atoms with Crippen LogP contribution in [0, 0.1) is 12.3 Å². The van der Waals surface area contributed by atoms with Crippen LogP contribution in [0.25, 0.3) is 11.0 Å². The van der Waals surface area contributed by atoms with Crippen molar-refractivity contribution in [1.29, 1.82) is 0 Å². The molecule has 0 aromatic carbocycles. The largest absolute Gasteiger partial charge is 0.508 e. The Morgan fingerprint density at radius 3 is 3.00 bits per heavy atom. The SMILES string of the molecule is C#C[C@@]1(COC(=O)OCc2cccn(C)c2=O)CC[C@H](n2ccc3c(N)nc(Cl)nc32)O1. The molecule has 11 heteroatoms. The van der Waals surface area contributed by atoms with E-state index in [9.17, 15) is 9.59 Å². The maximum absolute atomic E-state index is 12.1. The third kappa shape index (κ3) is 4.12. The van der Waals surface area contributed by atoms with Gasteiger partial charge >= 0.3 is 6.16 Å². The Bertz CT molecular complexity index is 1280. The average Bonchev–Trinajstić information content (AvgIpc) is 3.38. The summed E-state index contributed by atoms with van der Waals surface area (Å²) < 4.78 is 19.5. The molecule has 2 N–H and O–H groups in total. The number of carbonyl (C=O) groups excluding carboxylic acids is 1.